The van der Waals surface area contributed by atoms with Crippen LogP contribution in [0.1, 0.15) is 35.6 Å². The summed E-state index contributed by atoms with van der Waals surface area (Å²) in [5.41, 5.74) is 1.75. The summed E-state index contributed by atoms with van der Waals surface area (Å²) in [4.78, 5) is 18.8. The predicted octanol–water partition coefficient (Wildman–Crippen LogP) is 4.87. The lowest BCUT2D eigenvalue weighted by atomic mass is 9.84. The minimum absolute atomic E-state index is 0.0411. The van der Waals surface area contributed by atoms with Gasteiger partial charge in [-0.2, -0.15) is 0 Å². The van der Waals surface area contributed by atoms with E-state index >= 15 is 0 Å². The number of pyridine rings is 1. The second kappa shape index (κ2) is 10.8. The van der Waals surface area contributed by atoms with E-state index in [-0.39, 0.29) is 35.4 Å². The Balaban J connectivity index is 1.52. The number of sulfone groups is 1. The highest BCUT2D eigenvalue weighted by molar-refractivity contribution is 7.91. The number of alkyl halides is 3. The fraction of sp³-hybridized carbons (Fsp3) is 0.308. The highest BCUT2D eigenvalue weighted by atomic mass is 32.2. The molecular weight excluding hydrogens is 507 g/mol. The van der Waals surface area contributed by atoms with Crippen molar-refractivity contribution in [1.29, 1.82) is 0 Å². The van der Waals surface area contributed by atoms with E-state index in [1.54, 1.807) is 24.0 Å². The van der Waals surface area contributed by atoms with Crippen molar-refractivity contribution in [1.82, 2.24) is 15.2 Å². The number of carbonyl (C=O) groups is 1. The van der Waals surface area contributed by atoms with Gasteiger partial charge in [-0.25, -0.2) is 13.2 Å². The summed E-state index contributed by atoms with van der Waals surface area (Å²) in [6, 6.07) is 17.9. The first-order valence-corrected chi connectivity index (χ1v) is 13.3. The Kier molecular flexibility index (Phi) is 7.72. The quantitative estimate of drug-likeness (QED) is 0.468. The molecule has 196 valence electrons. The van der Waals surface area contributed by atoms with Crippen LogP contribution in [0.25, 0.3) is 0 Å². The number of urea groups is 1. The lowest BCUT2D eigenvalue weighted by molar-refractivity contribution is -0.275. The average Bonchev–Trinajstić information content (AvgIpc) is 3.33. The summed E-state index contributed by atoms with van der Waals surface area (Å²) >= 11 is 0. The van der Waals surface area contributed by atoms with Gasteiger partial charge in [0.1, 0.15) is 5.75 Å². The van der Waals surface area contributed by atoms with Crippen LogP contribution < -0.4 is 10.1 Å². The number of halogens is 3. The normalized spacial score (nSPS) is 18.0. The third-order valence-corrected chi connectivity index (χ3v) is 8.06. The Hall–Kier alpha value is -3.60. The molecule has 3 aromatic rings. The molecule has 2 amide bonds. The topological polar surface area (TPSA) is 88.6 Å². The van der Waals surface area contributed by atoms with E-state index in [0.29, 0.717) is 17.8 Å². The second-order valence-corrected chi connectivity index (χ2v) is 10.9. The third-order valence-electron chi connectivity index (χ3n) is 6.34. The second-order valence-electron chi connectivity index (χ2n) is 8.66. The molecule has 0 bridgehead atoms. The van der Waals surface area contributed by atoms with Crippen molar-refractivity contribution in [2.75, 3.05) is 18.8 Å². The fourth-order valence-corrected chi connectivity index (χ4v) is 5.29. The highest BCUT2D eigenvalue weighted by Gasteiger charge is 2.40. The van der Waals surface area contributed by atoms with Gasteiger partial charge >= 0.3 is 12.4 Å². The molecule has 1 fully saturated rings. The predicted molar refractivity (Wildman–Crippen MR) is 131 cm³/mol. The van der Waals surface area contributed by atoms with Gasteiger partial charge in [-0.05, 0) is 23.8 Å². The number of carbonyl (C=O) groups excluding carboxylic acids is 1. The van der Waals surface area contributed by atoms with Crippen LogP contribution in [0.3, 0.4) is 0 Å². The smallest absolute Gasteiger partial charge is 0.405 e. The van der Waals surface area contributed by atoms with Crippen molar-refractivity contribution >= 4 is 15.9 Å². The summed E-state index contributed by atoms with van der Waals surface area (Å²) in [6.07, 6.45) is -3.58. The zero-order valence-corrected chi connectivity index (χ0v) is 20.8. The summed E-state index contributed by atoms with van der Waals surface area (Å²) < 4.78 is 67.4. The standard InChI is InChI=1S/C26H26F3N3O4S/c1-2-37(34,35)20-13-12-19(30-15-20)14-31-25(33)32-16-22(18-8-4-3-5-9-18)23(17-32)21-10-6-7-11-24(21)36-26(27,28)29/h3-13,15,22-23H,2,14,16-17H2,1H3,(H,31,33). The fourth-order valence-electron chi connectivity index (χ4n) is 4.47. The Morgan fingerprint density at radius 2 is 1.70 bits per heavy atom. The molecule has 0 aliphatic carbocycles. The van der Waals surface area contributed by atoms with E-state index in [1.165, 1.54) is 30.5 Å². The Bertz CT molecular complexity index is 1330. The first-order valence-electron chi connectivity index (χ1n) is 11.7. The number of rotatable bonds is 7. The molecule has 1 saturated heterocycles. The van der Waals surface area contributed by atoms with Gasteiger partial charge in [0.2, 0.25) is 0 Å². The van der Waals surface area contributed by atoms with E-state index in [0.717, 1.165) is 5.56 Å². The van der Waals surface area contributed by atoms with E-state index in [2.05, 4.69) is 15.0 Å². The van der Waals surface area contributed by atoms with Gasteiger partial charge in [0.05, 0.1) is 22.9 Å². The molecule has 7 nitrogen and oxygen atoms in total. The van der Waals surface area contributed by atoms with E-state index < -0.39 is 28.1 Å². The number of hydrogen-bond donors (Lipinski definition) is 1. The summed E-state index contributed by atoms with van der Waals surface area (Å²) in [6.45, 7) is 2.09. The summed E-state index contributed by atoms with van der Waals surface area (Å²) in [5, 5.41) is 2.77. The molecule has 2 atom stereocenters. The first kappa shape index (κ1) is 26.5. The van der Waals surface area contributed by atoms with Crippen molar-refractivity contribution in [2.24, 2.45) is 0 Å². The van der Waals surface area contributed by atoms with Crippen LogP contribution in [0.2, 0.25) is 0 Å². The van der Waals surface area contributed by atoms with Crippen LogP contribution in [-0.4, -0.2) is 49.5 Å². The lowest BCUT2D eigenvalue weighted by Gasteiger charge is -2.22. The molecule has 0 spiro atoms. The molecule has 1 aromatic heterocycles. The molecule has 1 N–H and O–H groups in total. The van der Waals surface area contributed by atoms with E-state index in [4.69, 9.17) is 0 Å². The minimum Gasteiger partial charge on any atom is -0.405 e. The van der Waals surface area contributed by atoms with E-state index in [1.807, 2.05) is 30.3 Å². The molecule has 11 heteroatoms. The van der Waals surface area contributed by atoms with Gasteiger partial charge in [0.15, 0.2) is 9.84 Å². The zero-order valence-electron chi connectivity index (χ0n) is 20.0. The van der Waals surface area contributed by atoms with Crippen LogP contribution in [0.5, 0.6) is 5.75 Å². The SMILES string of the molecule is CCS(=O)(=O)c1ccc(CNC(=O)N2CC(c3ccccc3)C(c3ccccc3OC(F)(F)F)C2)nc1. The molecule has 0 saturated carbocycles. The third kappa shape index (κ3) is 6.40. The molecule has 2 aromatic carbocycles. The Morgan fingerprint density at radius 3 is 2.35 bits per heavy atom. The largest absolute Gasteiger partial charge is 0.573 e. The molecule has 1 aliphatic rings. The molecular formula is C26H26F3N3O4S. The van der Waals surface area contributed by atoms with Gasteiger partial charge in [-0.1, -0.05) is 55.5 Å². The number of hydrogen-bond acceptors (Lipinski definition) is 5. The van der Waals surface area contributed by atoms with E-state index in [9.17, 15) is 26.4 Å². The number of amides is 2. The number of nitrogens with zero attached hydrogens (tertiary/aromatic N) is 2. The lowest BCUT2D eigenvalue weighted by Crippen LogP contribution is -2.38. The Morgan fingerprint density at radius 1 is 1.03 bits per heavy atom. The van der Waals surface area contributed by atoms with Crippen LogP contribution in [0, 0.1) is 0 Å². The van der Waals surface area contributed by atoms with Crippen molar-refractivity contribution < 1.29 is 31.1 Å². The maximum Gasteiger partial charge on any atom is 0.573 e. The zero-order chi connectivity index (χ0) is 26.6. The molecule has 2 unspecified atom stereocenters. The van der Waals surface area contributed by atoms with Gasteiger partial charge in [0.25, 0.3) is 0 Å². The van der Waals surface area contributed by atoms with Gasteiger partial charge in [-0.15, -0.1) is 13.2 Å². The molecule has 0 radical (unpaired) electrons. The van der Waals surface area contributed by atoms with Gasteiger partial charge in [-0.3, -0.25) is 4.98 Å². The number of likely N-dealkylation sites (tertiary alicyclic amines) is 1. The average molecular weight is 534 g/mol. The minimum atomic E-state index is -4.84. The van der Waals surface area contributed by atoms with Crippen molar-refractivity contribution in [3.05, 3.63) is 89.7 Å². The molecule has 37 heavy (non-hydrogen) atoms. The number of ether oxygens (including phenoxy) is 1. The molecule has 2 heterocycles. The summed E-state index contributed by atoms with van der Waals surface area (Å²) in [5.74, 6) is -1.000. The molecule has 4 rings (SSSR count). The van der Waals surface area contributed by atoms with Crippen molar-refractivity contribution in [3.63, 3.8) is 0 Å². The first-order chi connectivity index (χ1) is 17.6. The number of para-hydroxylation sites is 1. The number of benzene rings is 2. The Labute approximate surface area is 213 Å². The maximum atomic E-state index is 13.1. The monoisotopic (exact) mass is 533 g/mol. The van der Waals surface area contributed by atoms with Gasteiger partial charge < -0.3 is 15.0 Å². The van der Waals surface area contributed by atoms with Crippen LogP contribution in [0.15, 0.2) is 77.8 Å². The number of aromatic nitrogens is 1. The maximum absolute atomic E-state index is 13.1. The van der Waals surface area contributed by atoms with Crippen LogP contribution >= 0.6 is 0 Å². The van der Waals surface area contributed by atoms with Crippen LogP contribution in [0.4, 0.5) is 18.0 Å². The van der Waals surface area contributed by atoms with Crippen LogP contribution in [-0.2, 0) is 16.4 Å². The molecule has 1 aliphatic heterocycles. The van der Waals surface area contributed by atoms with Gasteiger partial charge in [0, 0.05) is 36.7 Å². The van der Waals surface area contributed by atoms with Crippen molar-refractivity contribution in [3.8, 4) is 5.75 Å². The van der Waals surface area contributed by atoms with Crippen molar-refractivity contribution in [2.45, 2.75) is 36.6 Å². The number of nitrogens with one attached hydrogen (secondary N) is 1. The highest BCUT2D eigenvalue weighted by Crippen LogP contribution is 2.43. The summed E-state index contributed by atoms with van der Waals surface area (Å²) in [7, 11) is -3.38.